The molecule has 0 fully saturated rings. The Morgan fingerprint density at radius 3 is 2.12 bits per heavy atom. The number of hydrogen-bond donors (Lipinski definition) is 1. The summed E-state index contributed by atoms with van der Waals surface area (Å²) >= 11 is 0. The molecule has 7 nitrogen and oxygen atoms in total. The Morgan fingerprint density at radius 2 is 1.45 bits per heavy atom. The van der Waals surface area contributed by atoms with Gasteiger partial charge in [-0.25, -0.2) is 13.6 Å². The predicted molar refractivity (Wildman–Crippen MR) is 140 cm³/mol. The standard InChI is InChI=1S/C31H22F2N2O5/c32-21-5-1-19(2-6-21)17-37-23-9-3-20(4-10-23)30-26-14-13-25(15-28(26)40-31(35)27(30)16-34)39-29(36)18-38-24-11-7-22(33)8-12-24/h1-15,30H,17-18,35H2. The van der Waals surface area contributed by atoms with Crippen molar-refractivity contribution < 1.29 is 32.5 Å². The molecule has 2 N–H and O–H groups in total. The Balaban J connectivity index is 1.29. The molecule has 0 saturated carbocycles. The van der Waals surface area contributed by atoms with Crippen LogP contribution in [0, 0.1) is 23.0 Å². The van der Waals surface area contributed by atoms with Crippen molar-refractivity contribution in [1.82, 2.24) is 0 Å². The van der Waals surface area contributed by atoms with Crippen LogP contribution in [0.3, 0.4) is 0 Å². The Kier molecular flexibility index (Phi) is 7.60. The fourth-order valence-corrected chi connectivity index (χ4v) is 4.18. The van der Waals surface area contributed by atoms with Crippen molar-refractivity contribution >= 4 is 5.97 Å². The van der Waals surface area contributed by atoms with E-state index in [0.29, 0.717) is 22.8 Å². The van der Waals surface area contributed by atoms with Gasteiger partial charge in [0.2, 0.25) is 5.88 Å². The number of benzene rings is 4. The molecule has 0 radical (unpaired) electrons. The van der Waals surface area contributed by atoms with Crippen molar-refractivity contribution in [3.05, 3.63) is 131 Å². The molecule has 0 amide bonds. The highest BCUT2D eigenvalue weighted by Crippen LogP contribution is 2.43. The second kappa shape index (κ2) is 11.6. The molecule has 0 aliphatic carbocycles. The van der Waals surface area contributed by atoms with Gasteiger partial charge in [0.05, 0.1) is 5.92 Å². The van der Waals surface area contributed by atoms with Gasteiger partial charge in [0, 0.05) is 11.6 Å². The molecular formula is C31H22F2N2O5. The lowest BCUT2D eigenvalue weighted by molar-refractivity contribution is -0.136. The summed E-state index contributed by atoms with van der Waals surface area (Å²) in [7, 11) is 0. The van der Waals surface area contributed by atoms with Crippen molar-refractivity contribution in [1.29, 1.82) is 5.26 Å². The maximum atomic E-state index is 13.1. The fraction of sp³-hybridized carbons (Fsp3) is 0.0968. The van der Waals surface area contributed by atoms with E-state index in [-0.39, 0.29) is 36.2 Å². The third-order valence-corrected chi connectivity index (χ3v) is 6.12. The first-order valence-corrected chi connectivity index (χ1v) is 12.2. The number of nitrogens with two attached hydrogens (primary N) is 1. The SMILES string of the molecule is N#CC1=C(N)Oc2cc(OC(=O)COc3ccc(F)cc3)ccc2C1c1ccc(OCc2ccc(F)cc2)cc1. The first-order chi connectivity index (χ1) is 19.4. The van der Waals surface area contributed by atoms with Gasteiger partial charge in [-0.3, -0.25) is 0 Å². The largest absolute Gasteiger partial charge is 0.489 e. The second-order valence-electron chi connectivity index (χ2n) is 8.83. The van der Waals surface area contributed by atoms with Crippen molar-refractivity contribution in [3.8, 4) is 29.1 Å². The zero-order valence-corrected chi connectivity index (χ0v) is 21.0. The number of fused-ring (bicyclic) bond motifs is 1. The van der Waals surface area contributed by atoms with Gasteiger partial charge in [-0.15, -0.1) is 0 Å². The molecule has 1 unspecified atom stereocenters. The molecule has 4 aromatic rings. The van der Waals surface area contributed by atoms with Crippen LogP contribution in [0.4, 0.5) is 8.78 Å². The molecule has 5 rings (SSSR count). The average Bonchev–Trinajstić information content (AvgIpc) is 2.96. The Morgan fingerprint density at radius 1 is 0.850 bits per heavy atom. The smallest absolute Gasteiger partial charge is 0.349 e. The number of carbonyl (C=O) groups excluding carboxylic acids is 1. The lowest BCUT2D eigenvalue weighted by atomic mass is 9.83. The van der Waals surface area contributed by atoms with Crippen LogP contribution in [0.15, 0.2) is 102 Å². The van der Waals surface area contributed by atoms with Gasteiger partial charge in [-0.1, -0.05) is 30.3 Å². The van der Waals surface area contributed by atoms with Crippen LogP contribution >= 0.6 is 0 Å². The molecule has 1 aliphatic heterocycles. The quantitative estimate of drug-likeness (QED) is 0.224. The minimum absolute atomic E-state index is 0.0558. The van der Waals surface area contributed by atoms with Gasteiger partial charge in [-0.2, -0.15) is 5.26 Å². The van der Waals surface area contributed by atoms with Gasteiger partial charge < -0.3 is 24.7 Å². The lowest BCUT2D eigenvalue weighted by Crippen LogP contribution is -2.21. The van der Waals surface area contributed by atoms with Crippen LogP contribution in [-0.4, -0.2) is 12.6 Å². The van der Waals surface area contributed by atoms with Crippen molar-refractivity contribution in [3.63, 3.8) is 0 Å². The lowest BCUT2D eigenvalue weighted by Gasteiger charge is -2.26. The summed E-state index contributed by atoms with van der Waals surface area (Å²) in [6, 6.07) is 25.4. The molecule has 0 aromatic heterocycles. The van der Waals surface area contributed by atoms with E-state index in [4.69, 9.17) is 24.7 Å². The molecule has 0 bridgehead atoms. The maximum Gasteiger partial charge on any atom is 0.349 e. The van der Waals surface area contributed by atoms with Gasteiger partial charge in [0.1, 0.15) is 52.9 Å². The third-order valence-electron chi connectivity index (χ3n) is 6.12. The van der Waals surface area contributed by atoms with Crippen LogP contribution in [0.2, 0.25) is 0 Å². The van der Waals surface area contributed by atoms with Crippen LogP contribution in [0.25, 0.3) is 0 Å². The van der Waals surface area contributed by atoms with E-state index in [1.54, 1.807) is 36.4 Å². The Labute approximate surface area is 228 Å². The van der Waals surface area contributed by atoms with Crippen LogP contribution in [0.1, 0.15) is 22.6 Å². The molecule has 9 heteroatoms. The topological polar surface area (TPSA) is 104 Å². The number of halogens is 2. The summed E-state index contributed by atoms with van der Waals surface area (Å²) in [6.07, 6.45) is 0. The average molecular weight is 541 g/mol. The van der Waals surface area contributed by atoms with E-state index < -0.39 is 17.7 Å². The number of carbonyl (C=O) groups is 1. The van der Waals surface area contributed by atoms with Crippen LogP contribution in [-0.2, 0) is 11.4 Å². The monoisotopic (exact) mass is 540 g/mol. The van der Waals surface area contributed by atoms with E-state index in [2.05, 4.69) is 6.07 Å². The highest BCUT2D eigenvalue weighted by Gasteiger charge is 2.31. The number of nitrogens with zero attached hydrogens (tertiary/aromatic N) is 1. The van der Waals surface area contributed by atoms with Crippen molar-refractivity contribution in [2.75, 3.05) is 6.61 Å². The van der Waals surface area contributed by atoms with E-state index in [1.165, 1.54) is 42.5 Å². The minimum Gasteiger partial charge on any atom is -0.489 e. The summed E-state index contributed by atoms with van der Waals surface area (Å²) in [5, 5.41) is 9.82. The molecule has 40 heavy (non-hydrogen) atoms. The number of esters is 1. The van der Waals surface area contributed by atoms with Crippen molar-refractivity contribution in [2.45, 2.75) is 12.5 Å². The highest BCUT2D eigenvalue weighted by molar-refractivity contribution is 5.74. The molecule has 200 valence electrons. The molecular weight excluding hydrogens is 518 g/mol. The number of ether oxygens (including phenoxy) is 4. The second-order valence-corrected chi connectivity index (χ2v) is 8.83. The Hall–Kier alpha value is -5.36. The number of allylic oxidation sites excluding steroid dienone is 1. The Bertz CT molecular complexity index is 1600. The van der Waals surface area contributed by atoms with Crippen molar-refractivity contribution in [2.24, 2.45) is 5.73 Å². The van der Waals surface area contributed by atoms with E-state index >= 15 is 0 Å². The molecule has 0 spiro atoms. The first kappa shape index (κ1) is 26.3. The highest BCUT2D eigenvalue weighted by atomic mass is 19.1. The van der Waals surface area contributed by atoms with Gasteiger partial charge >= 0.3 is 5.97 Å². The van der Waals surface area contributed by atoms with Crippen LogP contribution in [0.5, 0.6) is 23.0 Å². The summed E-state index contributed by atoms with van der Waals surface area (Å²) in [5.41, 5.74) is 8.59. The molecule has 4 aromatic carbocycles. The van der Waals surface area contributed by atoms with E-state index in [1.807, 2.05) is 12.1 Å². The summed E-state index contributed by atoms with van der Waals surface area (Å²) < 4.78 is 48.3. The number of hydrogen-bond acceptors (Lipinski definition) is 7. The molecule has 1 heterocycles. The zero-order chi connectivity index (χ0) is 28.1. The van der Waals surface area contributed by atoms with Gasteiger partial charge in [0.15, 0.2) is 6.61 Å². The normalized spacial score (nSPS) is 14.0. The van der Waals surface area contributed by atoms with Gasteiger partial charge in [-0.05, 0) is 65.7 Å². The molecule has 1 aliphatic rings. The fourth-order valence-electron chi connectivity index (χ4n) is 4.18. The minimum atomic E-state index is -0.672. The zero-order valence-electron chi connectivity index (χ0n) is 21.0. The molecule has 1 atom stereocenters. The number of rotatable bonds is 8. The van der Waals surface area contributed by atoms with Gasteiger partial charge in [0.25, 0.3) is 0 Å². The third kappa shape index (κ3) is 6.03. The maximum absolute atomic E-state index is 13.1. The summed E-state index contributed by atoms with van der Waals surface area (Å²) in [4.78, 5) is 12.3. The van der Waals surface area contributed by atoms with E-state index in [0.717, 1.165) is 11.1 Å². The van der Waals surface area contributed by atoms with Crippen LogP contribution < -0.4 is 24.7 Å². The van der Waals surface area contributed by atoms with E-state index in [9.17, 15) is 18.8 Å². The first-order valence-electron chi connectivity index (χ1n) is 12.2. The summed E-state index contributed by atoms with van der Waals surface area (Å²) in [6.45, 7) is -0.116. The summed E-state index contributed by atoms with van der Waals surface area (Å²) in [5.74, 6) is -0.524. The number of nitriles is 1. The predicted octanol–water partition coefficient (Wildman–Crippen LogP) is 5.75. The molecule has 0 saturated heterocycles.